The molecule has 174 valence electrons. The minimum Gasteiger partial charge on any atom is -0.507 e. The van der Waals surface area contributed by atoms with E-state index in [-0.39, 0.29) is 33.8 Å². The topological polar surface area (TPSA) is 187 Å². The average molecular weight is 460 g/mol. The van der Waals surface area contributed by atoms with Gasteiger partial charge in [-0.25, -0.2) is 4.79 Å². The molecule has 5 atom stereocenters. The van der Waals surface area contributed by atoms with E-state index in [0.717, 1.165) is 12.1 Å². The molecule has 0 amide bonds. The molecule has 11 heteroatoms. The SMILES string of the molecule is COc1ccc(-c2cc(=O)c3c(O)cc([C@@H]4O[C@H](C(=O)O)[C@@H](O)[C@H](O)[C@H]4O)cc3o2)cc1O. The van der Waals surface area contributed by atoms with Crippen LogP contribution in [0.3, 0.4) is 0 Å². The minimum absolute atomic E-state index is 0.00239. The lowest BCUT2D eigenvalue weighted by molar-refractivity contribution is -0.229. The van der Waals surface area contributed by atoms with Gasteiger partial charge >= 0.3 is 5.97 Å². The lowest BCUT2D eigenvalue weighted by atomic mass is 9.90. The van der Waals surface area contributed by atoms with Crippen LogP contribution in [0, 0.1) is 0 Å². The van der Waals surface area contributed by atoms with E-state index in [1.165, 1.54) is 31.4 Å². The molecule has 2 heterocycles. The van der Waals surface area contributed by atoms with Crippen LogP contribution in [0.25, 0.3) is 22.3 Å². The lowest BCUT2D eigenvalue weighted by Crippen LogP contribution is -2.56. The predicted molar refractivity (Wildman–Crippen MR) is 111 cm³/mol. The second-order valence-corrected chi connectivity index (χ2v) is 7.56. The molecule has 3 aromatic rings. The van der Waals surface area contributed by atoms with Gasteiger partial charge in [-0.05, 0) is 35.9 Å². The van der Waals surface area contributed by atoms with E-state index in [9.17, 15) is 40.2 Å². The number of hydrogen-bond acceptors (Lipinski definition) is 10. The fourth-order valence-electron chi connectivity index (χ4n) is 3.80. The van der Waals surface area contributed by atoms with Crippen LogP contribution in [0.1, 0.15) is 11.7 Å². The van der Waals surface area contributed by atoms with E-state index >= 15 is 0 Å². The Balaban J connectivity index is 1.83. The fraction of sp³-hybridized carbons (Fsp3) is 0.273. The summed E-state index contributed by atoms with van der Waals surface area (Å²) in [6.45, 7) is 0. The number of carboxylic acid groups (broad SMARTS) is 1. The molecule has 0 saturated carbocycles. The number of aliphatic hydroxyl groups is 3. The van der Waals surface area contributed by atoms with Gasteiger partial charge in [0.1, 0.15) is 46.9 Å². The van der Waals surface area contributed by atoms with Crippen LogP contribution in [0.2, 0.25) is 0 Å². The molecule has 0 aliphatic carbocycles. The van der Waals surface area contributed by atoms with E-state index in [1.54, 1.807) is 0 Å². The van der Waals surface area contributed by atoms with Crippen LogP contribution < -0.4 is 10.2 Å². The molecule has 0 unspecified atom stereocenters. The summed E-state index contributed by atoms with van der Waals surface area (Å²) in [5, 5.41) is 59.8. The van der Waals surface area contributed by atoms with Gasteiger partial charge in [0.2, 0.25) is 0 Å². The molecule has 6 N–H and O–H groups in total. The molecule has 1 aliphatic rings. The molecular formula is C22H20O11. The normalized spacial score (nSPS) is 25.2. The molecule has 0 bridgehead atoms. The molecule has 1 aliphatic heterocycles. The smallest absolute Gasteiger partial charge is 0.335 e. The number of hydrogen-bond donors (Lipinski definition) is 6. The molecule has 2 aromatic carbocycles. The maximum atomic E-state index is 12.7. The van der Waals surface area contributed by atoms with Crippen LogP contribution in [-0.2, 0) is 9.53 Å². The Labute approximate surface area is 185 Å². The Bertz CT molecular complexity index is 1280. The quantitative estimate of drug-likeness (QED) is 0.318. The summed E-state index contributed by atoms with van der Waals surface area (Å²) >= 11 is 0. The van der Waals surface area contributed by atoms with E-state index in [0.29, 0.717) is 5.56 Å². The first-order chi connectivity index (χ1) is 15.6. The van der Waals surface area contributed by atoms with Crippen molar-refractivity contribution in [3.63, 3.8) is 0 Å². The van der Waals surface area contributed by atoms with Gasteiger partial charge in [-0.3, -0.25) is 4.79 Å². The van der Waals surface area contributed by atoms with Gasteiger partial charge in [-0.1, -0.05) is 0 Å². The summed E-state index contributed by atoms with van der Waals surface area (Å²) in [6, 6.07) is 7.77. The molecule has 0 radical (unpaired) electrons. The largest absolute Gasteiger partial charge is 0.507 e. The summed E-state index contributed by atoms with van der Waals surface area (Å²) < 4.78 is 16.0. The third kappa shape index (κ3) is 3.87. The Hall–Kier alpha value is -3.64. The van der Waals surface area contributed by atoms with Gasteiger partial charge in [0.05, 0.1) is 7.11 Å². The van der Waals surface area contributed by atoms with Crippen LogP contribution >= 0.6 is 0 Å². The summed E-state index contributed by atoms with van der Waals surface area (Å²) in [7, 11) is 1.38. The lowest BCUT2D eigenvalue weighted by Gasteiger charge is -2.39. The molecule has 4 rings (SSSR count). The molecule has 33 heavy (non-hydrogen) atoms. The summed E-state index contributed by atoms with van der Waals surface area (Å²) in [6.07, 6.45) is -8.76. The monoisotopic (exact) mass is 460 g/mol. The van der Waals surface area contributed by atoms with E-state index in [1.807, 2.05) is 0 Å². The summed E-state index contributed by atoms with van der Waals surface area (Å²) in [5.74, 6) is -2.02. The zero-order chi connectivity index (χ0) is 24.0. The van der Waals surface area contributed by atoms with Crippen molar-refractivity contribution in [2.45, 2.75) is 30.5 Å². The van der Waals surface area contributed by atoms with Crippen LogP contribution in [-0.4, -0.2) is 68.1 Å². The second kappa shape index (κ2) is 8.37. The van der Waals surface area contributed by atoms with Crippen LogP contribution in [0.4, 0.5) is 0 Å². The predicted octanol–water partition coefficient (Wildman–Crippen LogP) is 0.487. The number of phenols is 2. The third-order valence-electron chi connectivity index (χ3n) is 5.48. The van der Waals surface area contributed by atoms with Crippen LogP contribution in [0.15, 0.2) is 45.6 Å². The first-order valence-corrected chi connectivity index (χ1v) is 9.73. The Morgan fingerprint density at radius 3 is 2.33 bits per heavy atom. The Morgan fingerprint density at radius 1 is 0.970 bits per heavy atom. The number of methoxy groups -OCH3 is 1. The Morgan fingerprint density at radius 2 is 1.70 bits per heavy atom. The van der Waals surface area contributed by atoms with Crippen molar-refractivity contribution in [2.75, 3.05) is 7.11 Å². The number of aliphatic hydroxyl groups excluding tert-OH is 3. The number of fused-ring (bicyclic) bond motifs is 1. The minimum atomic E-state index is -1.88. The van der Waals surface area contributed by atoms with E-state index < -0.39 is 47.7 Å². The zero-order valence-electron chi connectivity index (χ0n) is 17.1. The third-order valence-corrected chi connectivity index (χ3v) is 5.48. The number of phenolic OH excluding ortho intramolecular Hbond substituents is 2. The highest BCUT2D eigenvalue weighted by atomic mass is 16.6. The maximum Gasteiger partial charge on any atom is 0.335 e. The van der Waals surface area contributed by atoms with Crippen molar-refractivity contribution in [2.24, 2.45) is 0 Å². The van der Waals surface area contributed by atoms with Gasteiger partial charge in [0.15, 0.2) is 23.0 Å². The Kier molecular flexibility index (Phi) is 5.72. The maximum absolute atomic E-state index is 12.7. The summed E-state index contributed by atoms with van der Waals surface area (Å²) in [4.78, 5) is 24.0. The average Bonchev–Trinajstić information content (AvgIpc) is 2.76. The second-order valence-electron chi connectivity index (χ2n) is 7.56. The molecule has 0 spiro atoms. The van der Waals surface area contributed by atoms with Gasteiger partial charge < -0.3 is 44.5 Å². The number of benzene rings is 2. The van der Waals surface area contributed by atoms with Crippen molar-refractivity contribution in [1.29, 1.82) is 0 Å². The number of rotatable bonds is 4. The highest BCUT2D eigenvalue weighted by molar-refractivity contribution is 5.85. The first-order valence-electron chi connectivity index (χ1n) is 9.73. The van der Waals surface area contributed by atoms with Gasteiger partial charge in [-0.2, -0.15) is 0 Å². The molecular weight excluding hydrogens is 440 g/mol. The van der Waals surface area contributed by atoms with E-state index in [2.05, 4.69) is 0 Å². The highest BCUT2D eigenvalue weighted by Crippen LogP contribution is 2.38. The zero-order valence-corrected chi connectivity index (χ0v) is 17.1. The van der Waals surface area contributed by atoms with Gasteiger partial charge in [-0.15, -0.1) is 0 Å². The van der Waals surface area contributed by atoms with Crippen LogP contribution in [0.5, 0.6) is 17.2 Å². The standard InChI is InChI=1S/C22H20O11/c1-31-13-3-2-8(4-10(13)23)14-7-12(25)16-11(24)5-9(6-15(16)32-14)20-18(27)17(26)19(28)21(33-20)22(29)30/h2-7,17-21,23-24,26-28H,1H3,(H,29,30)/t17-,18-,19+,20+,21+/m1/s1. The number of carboxylic acids is 1. The molecule has 1 aromatic heterocycles. The van der Waals surface area contributed by atoms with Gasteiger partial charge in [0, 0.05) is 11.6 Å². The number of carbonyl (C=O) groups is 1. The number of aromatic hydroxyl groups is 2. The summed E-state index contributed by atoms with van der Waals surface area (Å²) in [5.41, 5.74) is -0.390. The van der Waals surface area contributed by atoms with Crippen molar-refractivity contribution in [3.05, 3.63) is 52.2 Å². The van der Waals surface area contributed by atoms with Crippen molar-refractivity contribution >= 4 is 16.9 Å². The molecule has 11 nitrogen and oxygen atoms in total. The highest BCUT2D eigenvalue weighted by Gasteiger charge is 2.47. The van der Waals surface area contributed by atoms with Crippen molar-refractivity contribution in [1.82, 2.24) is 0 Å². The molecule has 1 fully saturated rings. The molecule has 1 saturated heterocycles. The van der Waals surface area contributed by atoms with Crippen molar-refractivity contribution in [3.8, 4) is 28.6 Å². The number of ether oxygens (including phenoxy) is 2. The fourth-order valence-corrected chi connectivity index (χ4v) is 3.80. The first kappa shape index (κ1) is 22.6. The van der Waals surface area contributed by atoms with Crippen molar-refractivity contribution < 1.29 is 49.3 Å². The number of aliphatic carboxylic acids is 1. The van der Waals surface area contributed by atoms with E-state index in [4.69, 9.17) is 13.9 Å². The van der Waals surface area contributed by atoms with Gasteiger partial charge in [0.25, 0.3) is 0 Å².